The molecule has 1 aromatic rings. The van der Waals surface area contributed by atoms with E-state index >= 15 is 0 Å². The van der Waals surface area contributed by atoms with Crippen LogP contribution in [0.2, 0.25) is 0 Å². The Balaban J connectivity index is 1.99. The summed E-state index contributed by atoms with van der Waals surface area (Å²) in [6, 6.07) is 7.77. The molecule has 1 N–H and O–H groups in total. The van der Waals surface area contributed by atoms with Crippen molar-refractivity contribution in [2.45, 2.75) is 37.8 Å². The van der Waals surface area contributed by atoms with Gasteiger partial charge in [0, 0.05) is 17.6 Å². The third-order valence-corrected chi connectivity index (χ3v) is 4.46. The molecule has 1 saturated carbocycles. The summed E-state index contributed by atoms with van der Waals surface area (Å²) in [5.74, 6) is 0. The first-order valence-electron chi connectivity index (χ1n) is 6.62. The van der Waals surface area contributed by atoms with Crippen LogP contribution in [0, 0.1) is 11.3 Å². The lowest BCUT2D eigenvalue weighted by Gasteiger charge is -2.28. The standard InChI is InChI=1S/C15H19BrN2O/c1-18(11-15(19)6-2-3-7-15)10-13-5-4-12(9-17)8-14(13)16/h4-5,8,19H,2-3,6-7,10-11H2,1H3. The second kappa shape index (κ2) is 6.04. The lowest BCUT2D eigenvalue weighted by molar-refractivity contribution is 0.0145. The van der Waals surface area contributed by atoms with Crippen LogP contribution in [0.1, 0.15) is 36.8 Å². The fourth-order valence-electron chi connectivity index (χ4n) is 2.79. The Morgan fingerprint density at radius 1 is 1.42 bits per heavy atom. The van der Waals surface area contributed by atoms with Gasteiger partial charge in [-0.1, -0.05) is 34.8 Å². The van der Waals surface area contributed by atoms with Gasteiger partial charge in [0.05, 0.1) is 17.2 Å². The van der Waals surface area contributed by atoms with Crippen molar-refractivity contribution >= 4 is 15.9 Å². The van der Waals surface area contributed by atoms with E-state index in [0.717, 1.165) is 42.3 Å². The number of likely N-dealkylation sites (N-methyl/N-ethyl adjacent to an activating group) is 1. The molecule has 1 aliphatic carbocycles. The summed E-state index contributed by atoms with van der Waals surface area (Å²) < 4.78 is 0.955. The Hall–Kier alpha value is -0.890. The van der Waals surface area contributed by atoms with Crippen LogP contribution in [0.15, 0.2) is 22.7 Å². The average molecular weight is 323 g/mol. The minimum atomic E-state index is -0.506. The second-order valence-electron chi connectivity index (χ2n) is 5.52. The van der Waals surface area contributed by atoms with Crippen molar-refractivity contribution in [2.75, 3.05) is 13.6 Å². The Bertz CT molecular complexity index is 489. The molecular weight excluding hydrogens is 304 g/mol. The van der Waals surface area contributed by atoms with E-state index in [1.807, 2.05) is 25.2 Å². The summed E-state index contributed by atoms with van der Waals surface area (Å²) in [4.78, 5) is 2.15. The Morgan fingerprint density at radius 2 is 2.11 bits per heavy atom. The van der Waals surface area contributed by atoms with Gasteiger partial charge in [-0.2, -0.15) is 5.26 Å². The van der Waals surface area contributed by atoms with Crippen LogP contribution in [0.4, 0.5) is 0 Å². The molecule has 0 aliphatic heterocycles. The topological polar surface area (TPSA) is 47.3 Å². The van der Waals surface area contributed by atoms with E-state index in [4.69, 9.17) is 5.26 Å². The Morgan fingerprint density at radius 3 is 2.68 bits per heavy atom. The zero-order valence-corrected chi connectivity index (χ0v) is 12.8. The van der Waals surface area contributed by atoms with Crippen LogP contribution in [0.5, 0.6) is 0 Å². The fourth-order valence-corrected chi connectivity index (χ4v) is 3.29. The number of halogens is 1. The lowest BCUT2D eigenvalue weighted by atomic mass is 10.0. The van der Waals surface area contributed by atoms with Crippen LogP contribution in [0.3, 0.4) is 0 Å². The normalized spacial score (nSPS) is 17.6. The molecule has 1 fully saturated rings. The van der Waals surface area contributed by atoms with E-state index in [9.17, 15) is 5.11 Å². The third kappa shape index (κ3) is 3.79. The van der Waals surface area contributed by atoms with Crippen LogP contribution >= 0.6 is 15.9 Å². The minimum Gasteiger partial charge on any atom is -0.389 e. The van der Waals surface area contributed by atoms with Gasteiger partial charge in [-0.25, -0.2) is 0 Å². The van der Waals surface area contributed by atoms with Gasteiger partial charge in [0.25, 0.3) is 0 Å². The number of nitriles is 1. The van der Waals surface area contributed by atoms with Gasteiger partial charge >= 0.3 is 0 Å². The third-order valence-electron chi connectivity index (χ3n) is 3.72. The first-order valence-corrected chi connectivity index (χ1v) is 7.41. The maximum absolute atomic E-state index is 10.4. The highest BCUT2D eigenvalue weighted by Crippen LogP contribution is 2.30. The van der Waals surface area contributed by atoms with Crippen molar-refractivity contribution in [3.8, 4) is 6.07 Å². The van der Waals surface area contributed by atoms with E-state index in [0.29, 0.717) is 12.1 Å². The van der Waals surface area contributed by atoms with Crippen molar-refractivity contribution in [3.05, 3.63) is 33.8 Å². The molecule has 2 rings (SSSR count). The van der Waals surface area contributed by atoms with E-state index < -0.39 is 5.60 Å². The molecule has 0 aromatic heterocycles. The lowest BCUT2D eigenvalue weighted by Crippen LogP contribution is -2.38. The quantitative estimate of drug-likeness (QED) is 0.926. The number of hydrogen-bond acceptors (Lipinski definition) is 3. The summed E-state index contributed by atoms with van der Waals surface area (Å²) in [6.45, 7) is 1.48. The smallest absolute Gasteiger partial charge is 0.0992 e. The fraction of sp³-hybridized carbons (Fsp3) is 0.533. The molecule has 0 atom stereocenters. The van der Waals surface area contributed by atoms with Gasteiger partial charge < -0.3 is 5.11 Å². The Labute approximate surface area is 123 Å². The summed E-state index contributed by atoms with van der Waals surface area (Å²) in [6.07, 6.45) is 4.08. The van der Waals surface area contributed by atoms with Gasteiger partial charge in [0.15, 0.2) is 0 Å². The molecule has 0 unspecified atom stereocenters. The number of nitrogens with zero attached hydrogens (tertiary/aromatic N) is 2. The molecule has 0 bridgehead atoms. The van der Waals surface area contributed by atoms with Crippen molar-refractivity contribution in [3.63, 3.8) is 0 Å². The summed E-state index contributed by atoms with van der Waals surface area (Å²) in [5.41, 5.74) is 1.30. The number of hydrogen-bond donors (Lipinski definition) is 1. The molecule has 0 saturated heterocycles. The highest BCUT2D eigenvalue weighted by molar-refractivity contribution is 9.10. The predicted molar refractivity (Wildman–Crippen MR) is 78.6 cm³/mol. The highest BCUT2D eigenvalue weighted by Gasteiger charge is 2.32. The molecule has 4 heteroatoms. The van der Waals surface area contributed by atoms with Crippen molar-refractivity contribution in [1.29, 1.82) is 5.26 Å². The van der Waals surface area contributed by atoms with Crippen molar-refractivity contribution in [1.82, 2.24) is 4.90 Å². The molecule has 3 nitrogen and oxygen atoms in total. The van der Waals surface area contributed by atoms with E-state index in [1.165, 1.54) is 0 Å². The maximum atomic E-state index is 10.4. The first kappa shape index (κ1) is 14.5. The molecular formula is C15H19BrN2O. The number of aliphatic hydroxyl groups is 1. The molecule has 102 valence electrons. The van der Waals surface area contributed by atoms with Gasteiger partial charge in [0.1, 0.15) is 0 Å². The van der Waals surface area contributed by atoms with Gasteiger partial charge in [0.2, 0.25) is 0 Å². The molecule has 0 spiro atoms. The molecule has 0 radical (unpaired) electrons. The van der Waals surface area contributed by atoms with Gasteiger partial charge in [-0.3, -0.25) is 4.90 Å². The molecule has 0 amide bonds. The van der Waals surface area contributed by atoms with E-state index in [-0.39, 0.29) is 0 Å². The monoisotopic (exact) mass is 322 g/mol. The van der Waals surface area contributed by atoms with Crippen molar-refractivity contribution in [2.24, 2.45) is 0 Å². The SMILES string of the molecule is CN(Cc1ccc(C#N)cc1Br)CC1(O)CCCC1. The van der Waals surface area contributed by atoms with E-state index in [2.05, 4.69) is 26.9 Å². The van der Waals surface area contributed by atoms with Crippen LogP contribution in [-0.4, -0.2) is 29.2 Å². The van der Waals surface area contributed by atoms with Crippen LogP contribution < -0.4 is 0 Å². The molecule has 1 aliphatic rings. The Kier molecular flexibility index (Phi) is 4.62. The van der Waals surface area contributed by atoms with Gasteiger partial charge in [-0.05, 0) is 37.6 Å². The van der Waals surface area contributed by atoms with E-state index in [1.54, 1.807) is 0 Å². The largest absolute Gasteiger partial charge is 0.389 e. The highest BCUT2D eigenvalue weighted by atomic mass is 79.9. The first-order chi connectivity index (χ1) is 9.02. The summed E-state index contributed by atoms with van der Waals surface area (Å²) in [7, 11) is 2.03. The van der Waals surface area contributed by atoms with Crippen LogP contribution in [-0.2, 0) is 6.54 Å². The number of benzene rings is 1. The zero-order valence-electron chi connectivity index (χ0n) is 11.2. The second-order valence-corrected chi connectivity index (χ2v) is 6.38. The van der Waals surface area contributed by atoms with Crippen molar-refractivity contribution < 1.29 is 5.11 Å². The molecule has 1 aromatic carbocycles. The summed E-state index contributed by atoms with van der Waals surface area (Å²) in [5, 5.41) is 19.2. The van der Waals surface area contributed by atoms with Crippen LogP contribution in [0.25, 0.3) is 0 Å². The number of rotatable bonds is 4. The molecule has 0 heterocycles. The zero-order chi connectivity index (χ0) is 13.9. The van der Waals surface area contributed by atoms with Gasteiger partial charge in [-0.15, -0.1) is 0 Å². The maximum Gasteiger partial charge on any atom is 0.0992 e. The minimum absolute atomic E-state index is 0.506. The summed E-state index contributed by atoms with van der Waals surface area (Å²) >= 11 is 3.50. The predicted octanol–water partition coefficient (Wildman–Crippen LogP) is 3.06. The molecule has 19 heavy (non-hydrogen) atoms. The average Bonchev–Trinajstić information content (AvgIpc) is 2.78.